The van der Waals surface area contributed by atoms with Gasteiger partial charge in [-0.15, -0.1) is 0 Å². The van der Waals surface area contributed by atoms with Crippen LogP contribution in [-0.4, -0.2) is 22.6 Å². The van der Waals surface area contributed by atoms with E-state index in [9.17, 15) is 19.2 Å². The van der Waals surface area contributed by atoms with Crippen LogP contribution in [0.5, 0.6) is 0 Å². The average Bonchev–Trinajstić information content (AvgIpc) is 3.18. The molecule has 43 heavy (non-hydrogen) atoms. The molecule has 1 heterocycles. The maximum absolute atomic E-state index is 13.0. The quantitative estimate of drug-likeness (QED) is 0.174. The Balaban J connectivity index is 1.02. The number of carbonyl (C=O) groups excluding carboxylic acids is 3. The van der Waals surface area contributed by atoms with Gasteiger partial charge in [0.2, 0.25) is 5.91 Å². The van der Waals surface area contributed by atoms with E-state index in [1.54, 1.807) is 36.4 Å². The number of nitrogens with one attached hydrogen (secondary N) is 2. The van der Waals surface area contributed by atoms with E-state index in [4.69, 9.17) is 32.4 Å². The third-order valence-corrected chi connectivity index (χ3v) is 9.37. The van der Waals surface area contributed by atoms with Crippen molar-refractivity contribution in [3.8, 4) is 0 Å². The molecule has 3 aromatic rings. The first-order chi connectivity index (χ1) is 20.7. The Morgan fingerprint density at radius 1 is 0.907 bits per heavy atom. The highest BCUT2D eigenvalue weighted by Crippen LogP contribution is 2.36. The molecule has 2 aliphatic rings. The van der Waals surface area contributed by atoms with E-state index in [0.717, 1.165) is 50.5 Å². The Hall–Kier alpha value is -3.10. The number of rotatable bonds is 10. The van der Waals surface area contributed by atoms with Crippen molar-refractivity contribution in [3.05, 3.63) is 62.6 Å². The van der Waals surface area contributed by atoms with Crippen LogP contribution in [0, 0.1) is 23.7 Å². The van der Waals surface area contributed by atoms with E-state index in [0.29, 0.717) is 57.9 Å². The zero-order chi connectivity index (χ0) is 30.3. The number of Topliss-reactive ketones (excluding diaryl/α,β-unsaturated/α-hetero) is 1. The minimum atomic E-state index is -0.541. The van der Waals surface area contributed by atoms with Gasteiger partial charge in [-0.2, -0.15) is 0 Å². The fraction of sp³-hybridized carbons (Fsp3) is 0.515. The molecule has 2 saturated carbocycles. The zero-order valence-electron chi connectivity index (χ0n) is 24.2. The third kappa shape index (κ3) is 9.19. The fourth-order valence-corrected chi connectivity index (χ4v) is 7.26. The largest absolute Gasteiger partial charge is 0.461 e. The van der Waals surface area contributed by atoms with Crippen LogP contribution in [-0.2, 0) is 25.7 Å². The number of carbonyl (C=O) groups is 3. The first-order valence-corrected chi connectivity index (χ1v) is 16.0. The van der Waals surface area contributed by atoms with Crippen LogP contribution in [0.1, 0.15) is 82.6 Å². The molecule has 2 aromatic carbocycles. The van der Waals surface area contributed by atoms with E-state index < -0.39 is 5.76 Å². The van der Waals surface area contributed by atoms with Crippen molar-refractivity contribution >= 4 is 57.6 Å². The molecular weight excluding hydrogens is 591 g/mol. The summed E-state index contributed by atoms with van der Waals surface area (Å²) in [6.45, 7) is 0.168. The minimum Gasteiger partial charge on any atom is -0.461 e. The van der Waals surface area contributed by atoms with Gasteiger partial charge in [0.25, 0.3) is 0 Å². The Kier molecular flexibility index (Phi) is 10.6. The van der Waals surface area contributed by atoms with Gasteiger partial charge in [0, 0.05) is 47.0 Å². The standard InChI is InChI=1S/C33H38Cl2N2O6/c34-25-13-23(14-26(35)17-25)19-42-31(39)11-8-21-3-1-2-20(4-5-21)6-7-22-12-24(16-28(38)15-22)32(40)36-27-9-10-29-30(18-27)43-33(41)37-29/h9-10,13-14,17-18,20-22,24H,1-8,11-12,15-16,19H2,(H,36,40)(H,37,41). The molecule has 4 atom stereocenters. The molecule has 230 valence electrons. The normalized spacial score (nSPS) is 22.7. The highest BCUT2D eigenvalue weighted by Gasteiger charge is 2.32. The molecular formula is C33H38Cl2N2O6. The summed E-state index contributed by atoms with van der Waals surface area (Å²) < 4.78 is 10.5. The lowest BCUT2D eigenvalue weighted by Crippen LogP contribution is -2.32. The van der Waals surface area contributed by atoms with Crippen molar-refractivity contribution in [2.75, 3.05) is 5.32 Å². The van der Waals surface area contributed by atoms with Crippen molar-refractivity contribution in [3.63, 3.8) is 0 Å². The van der Waals surface area contributed by atoms with Gasteiger partial charge in [-0.3, -0.25) is 19.4 Å². The Morgan fingerprint density at radius 3 is 2.40 bits per heavy atom. The summed E-state index contributed by atoms with van der Waals surface area (Å²) in [4.78, 5) is 51.9. The predicted octanol–water partition coefficient (Wildman–Crippen LogP) is 7.85. The summed E-state index contributed by atoms with van der Waals surface area (Å²) in [7, 11) is 0. The van der Waals surface area contributed by atoms with Crippen LogP contribution in [0.15, 0.2) is 45.6 Å². The Labute approximate surface area is 260 Å². The highest BCUT2D eigenvalue weighted by atomic mass is 35.5. The Bertz CT molecular complexity index is 1490. The predicted molar refractivity (Wildman–Crippen MR) is 166 cm³/mol. The molecule has 1 amide bonds. The number of fused-ring (bicyclic) bond motifs is 1. The van der Waals surface area contributed by atoms with Crippen LogP contribution in [0.4, 0.5) is 5.69 Å². The minimum absolute atomic E-state index is 0.148. The number of halogens is 2. The number of aromatic amines is 1. The van der Waals surface area contributed by atoms with Crippen LogP contribution < -0.4 is 11.1 Å². The van der Waals surface area contributed by atoms with E-state index in [1.165, 1.54) is 6.42 Å². The van der Waals surface area contributed by atoms with E-state index in [1.807, 2.05) is 0 Å². The molecule has 2 aliphatic carbocycles. The van der Waals surface area contributed by atoms with E-state index >= 15 is 0 Å². The molecule has 0 spiro atoms. The van der Waals surface area contributed by atoms with Crippen molar-refractivity contribution < 1.29 is 23.5 Å². The number of aromatic nitrogens is 1. The van der Waals surface area contributed by atoms with Gasteiger partial charge in [-0.1, -0.05) is 61.7 Å². The van der Waals surface area contributed by atoms with Gasteiger partial charge in [0.1, 0.15) is 12.4 Å². The topological polar surface area (TPSA) is 118 Å². The molecule has 2 fully saturated rings. The van der Waals surface area contributed by atoms with Crippen molar-refractivity contribution in [1.82, 2.24) is 4.98 Å². The molecule has 0 bridgehead atoms. The van der Waals surface area contributed by atoms with Crippen LogP contribution in [0.3, 0.4) is 0 Å². The van der Waals surface area contributed by atoms with Gasteiger partial charge in [-0.25, -0.2) is 4.79 Å². The van der Waals surface area contributed by atoms with Crippen molar-refractivity contribution in [2.45, 2.75) is 83.7 Å². The monoisotopic (exact) mass is 628 g/mol. The van der Waals surface area contributed by atoms with E-state index in [2.05, 4.69) is 10.3 Å². The molecule has 0 aliphatic heterocycles. The second-order valence-electron chi connectivity index (χ2n) is 12.3. The molecule has 2 N–H and O–H groups in total. The summed E-state index contributed by atoms with van der Waals surface area (Å²) >= 11 is 12.0. The third-order valence-electron chi connectivity index (χ3n) is 8.94. The summed E-state index contributed by atoms with van der Waals surface area (Å²) in [6, 6.07) is 10.2. The summed E-state index contributed by atoms with van der Waals surface area (Å²) in [5.74, 6) is 0.226. The molecule has 8 nitrogen and oxygen atoms in total. The molecule has 5 rings (SSSR count). The fourth-order valence-electron chi connectivity index (χ4n) is 6.69. The van der Waals surface area contributed by atoms with Gasteiger partial charge in [0.15, 0.2) is 5.58 Å². The number of anilines is 1. The number of esters is 1. The van der Waals surface area contributed by atoms with E-state index in [-0.39, 0.29) is 42.5 Å². The number of hydrogen-bond donors (Lipinski definition) is 2. The van der Waals surface area contributed by atoms with Gasteiger partial charge in [-0.05, 0) is 72.9 Å². The molecule has 10 heteroatoms. The molecule has 1 aromatic heterocycles. The number of ketones is 1. The maximum Gasteiger partial charge on any atom is 0.417 e. The maximum atomic E-state index is 13.0. The average molecular weight is 630 g/mol. The second kappa shape index (κ2) is 14.6. The van der Waals surface area contributed by atoms with Crippen molar-refractivity contribution in [2.24, 2.45) is 23.7 Å². The summed E-state index contributed by atoms with van der Waals surface area (Å²) in [6.07, 6.45) is 10.4. The van der Waals surface area contributed by atoms with Gasteiger partial charge in [0.05, 0.1) is 5.52 Å². The number of hydrogen-bond acceptors (Lipinski definition) is 6. The summed E-state index contributed by atoms with van der Waals surface area (Å²) in [5.41, 5.74) is 2.27. The summed E-state index contributed by atoms with van der Waals surface area (Å²) in [5, 5.41) is 3.94. The smallest absolute Gasteiger partial charge is 0.417 e. The van der Waals surface area contributed by atoms with Crippen molar-refractivity contribution in [1.29, 1.82) is 0 Å². The zero-order valence-corrected chi connectivity index (χ0v) is 25.7. The SMILES string of the molecule is O=C1CC(CCC2CCCC(CCC(=O)OCc3cc(Cl)cc(Cl)c3)CC2)CC(C(=O)Nc2ccc3[nH]c(=O)oc3c2)C1. The lowest BCUT2D eigenvalue weighted by Gasteiger charge is -2.28. The van der Waals surface area contributed by atoms with Crippen LogP contribution >= 0.6 is 23.2 Å². The Morgan fingerprint density at radius 2 is 1.63 bits per heavy atom. The lowest BCUT2D eigenvalue weighted by atomic mass is 9.76. The molecule has 0 radical (unpaired) electrons. The molecule has 4 unspecified atom stereocenters. The second-order valence-corrected chi connectivity index (χ2v) is 13.1. The number of ether oxygens (including phenoxy) is 1. The lowest BCUT2D eigenvalue weighted by molar-refractivity contribution is -0.145. The number of amides is 1. The number of H-pyrrole nitrogens is 1. The highest BCUT2D eigenvalue weighted by molar-refractivity contribution is 6.34. The molecule has 0 saturated heterocycles. The number of oxazole rings is 1. The van der Waals surface area contributed by atoms with Crippen LogP contribution in [0.2, 0.25) is 10.0 Å². The van der Waals surface area contributed by atoms with Crippen LogP contribution in [0.25, 0.3) is 11.1 Å². The first kappa shape index (κ1) is 31.3. The van der Waals surface area contributed by atoms with Gasteiger partial charge < -0.3 is 14.5 Å². The first-order valence-electron chi connectivity index (χ1n) is 15.3. The number of benzene rings is 2. The van der Waals surface area contributed by atoms with Gasteiger partial charge >= 0.3 is 11.7 Å².